The van der Waals surface area contributed by atoms with E-state index in [-0.39, 0.29) is 5.04 Å². The summed E-state index contributed by atoms with van der Waals surface area (Å²) in [6.45, 7) is 9.85. The van der Waals surface area contributed by atoms with Gasteiger partial charge < -0.3 is 20.4 Å². The largest absolute Gasteiger partial charge is 0.407 e. The highest BCUT2D eigenvalue weighted by atomic mass is 28.4. The second kappa shape index (κ2) is 9.62. The highest BCUT2D eigenvalue weighted by molar-refractivity contribution is 6.99. The normalized spacial score (nSPS) is 16.7. The second-order valence-electron chi connectivity index (χ2n) is 10.1. The van der Waals surface area contributed by atoms with E-state index in [0.29, 0.717) is 5.92 Å². The molecule has 1 fully saturated rings. The first kappa shape index (κ1) is 23.4. The van der Waals surface area contributed by atoms with Crippen molar-refractivity contribution >= 4 is 35.8 Å². The van der Waals surface area contributed by atoms with Crippen LogP contribution >= 0.6 is 0 Å². The molecule has 0 bridgehead atoms. The van der Waals surface area contributed by atoms with E-state index in [2.05, 4.69) is 104 Å². The Hall–Kier alpha value is -2.76. The summed E-state index contributed by atoms with van der Waals surface area (Å²) < 4.78 is 7.18. The molecule has 3 aromatic rings. The van der Waals surface area contributed by atoms with Gasteiger partial charge in [0.1, 0.15) is 0 Å². The van der Waals surface area contributed by atoms with Crippen molar-refractivity contribution in [2.75, 3.05) is 42.7 Å². The van der Waals surface area contributed by atoms with Crippen LogP contribution in [0.1, 0.15) is 27.2 Å². The molecule has 0 saturated carbocycles. The van der Waals surface area contributed by atoms with Crippen LogP contribution < -0.4 is 26.3 Å². The van der Waals surface area contributed by atoms with Gasteiger partial charge in [-0.1, -0.05) is 81.4 Å². The van der Waals surface area contributed by atoms with Crippen LogP contribution in [-0.2, 0) is 4.43 Å². The molecule has 0 spiro atoms. The lowest BCUT2D eigenvalue weighted by Crippen LogP contribution is -2.67. The van der Waals surface area contributed by atoms with Crippen molar-refractivity contribution in [3.63, 3.8) is 0 Å². The Morgan fingerprint density at radius 2 is 1.58 bits per heavy atom. The molecule has 3 aromatic carbocycles. The fourth-order valence-electron chi connectivity index (χ4n) is 5.17. The molecule has 5 heteroatoms. The van der Waals surface area contributed by atoms with Gasteiger partial charge in [-0.25, -0.2) is 0 Å². The average molecular weight is 460 g/mol. The van der Waals surface area contributed by atoms with Crippen molar-refractivity contribution in [1.29, 1.82) is 0 Å². The number of anilines is 3. The number of nitrogens with one attached hydrogen (secondary N) is 1. The van der Waals surface area contributed by atoms with Crippen LogP contribution in [0.15, 0.2) is 78.9 Å². The van der Waals surface area contributed by atoms with E-state index in [9.17, 15) is 0 Å². The highest BCUT2D eigenvalue weighted by Gasteiger charge is 2.50. The van der Waals surface area contributed by atoms with Crippen molar-refractivity contribution < 1.29 is 4.43 Å². The molecule has 4 nitrogen and oxygen atoms in total. The molecule has 0 amide bonds. The first-order valence-electron chi connectivity index (χ1n) is 11.9. The number of rotatable bonds is 7. The van der Waals surface area contributed by atoms with Crippen LogP contribution in [0.2, 0.25) is 5.04 Å². The van der Waals surface area contributed by atoms with Gasteiger partial charge in [-0.05, 0) is 40.0 Å². The van der Waals surface area contributed by atoms with Crippen LogP contribution in [-0.4, -0.2) is 35.1 Å². The lowest BCUT2D eigenvalue weighted by atomic mass is 10.1. The zero-order chi connectivity index (χ0) is 23.5. The quantitative estimate of drug-likeness (QED) is 0.397. The molecule has 1 atom stereocenters. The minimum atomic E-state index is -2.49. The van der Waals surface area contributed by atoms with Gasteiger partial charge in [0.2, 0.25) is 0 Å². The highest BCUT2D eigenvalue weighted by Crippen LogP contribution is 2.38. The zero-order valence-corrected chi connectivity index (χ0v) is 21.3. The molecule has 1 heterocycles. The third-order valence-corrected chi connectivity index (χ3v) is 11.9. The summed E-state index contributed by atoms with van der Waals surface area (Å²) in [6.07, 6.45) is 1.14. The van der Waals surface area contributed by atoms with Crippen molar-refractivity contribution in [1.82, 2.24) is 0 Å². The summed E-state index contributed by atoms with van der Waals surface area (Å²) in [4.78, 5) is 2.46. The molecule has 1 unspecified atom stereocenters. The van der Waals surface area contributed by atoms with Crippen LogP contribution in [0, 0.1) is 5.92 Å². The van der Waals surface area contributed by atoms with Crippen LogP contribution in [0.4, 0.5) is 17.1 Å². The third-order valence-electron chi connectivity index (χ3n) is 6.91. The second-order valence-corrected chi connectivity index (χ2v) is 14.4. The maximum atomic E-state index is 7.18. The van der Waals surface area contributed by atoms with E-state index in [1.807, 2.05) is 13.1 Å². The minimum absolute atomic E-state index is 0.00660. The summed E-state index contributed by atoms with van der Waals surface area (Å²) in [6, 6.07) is 28.1. The number of nitrogens with zero attached hydrogens (tertiary/aromatic N) is 1. The smallest absolute Gasteiger partial charge is 0.261 e. The third kappa shape index (κ3) is 4.66. The Balaban J connectivity index is 1.58. The molecule has 33 heavy (non-hydrogen) atoms. The van der Waals surface area contributed by atoms with E-state index in [0.717, 1.165) is 37.5 Å². The molecule has 3 N–H and O–H groups in total. The molecule has 0 aliphatic carbocycles. The fraction of sp³-hybridized carbons (Fsp3) is 0.357. The van der Waals surface area contributed by atoms with Gasteiger partial charge >= 0.3 is 0 Å². The van der Waals surface area contributed by atoms with Gasteiger partial charge in [0.25, 0.3) is 8.32 Å². The van der Waals surface area contributed by atoms with Crippen LogP contribution in [0.3, 0.4) is 0 Å². The lowest BCUT2D eigenvalue weighted by molar-refractivity contribution is 0.246. The molecule has 1 aliphatic heterocycles. The molecule has 1 saturated heterocycles. The Morgan fingerprint density at radius 3 is 2.12 bits per heavy atom. The van der Waals surface area contributed by atoms with Crippen LogP contribution in [0.25, 0.3) is 0 Å². The number of nitrogens with two attached hydrogens (primary N) is 1. The Kier molecular flexibility index (Phi) is 6.82. The monoisotopic (exact) mass is 459 g/mol. The maximum Gasteiger partial charge on any atom is 0.261 e. The first-order chi connectivity index (χ1) is 15.8. The zero-order valence-electron chi connectivity index (χ0n) is 20.3. The van der Waals surface area contributed by atoms with Crippen molar-refractivity contribution in [3.05, 3.63) is 78.9 Å². The summed E-state index contributed by atoms with van der Waals surface area (Å²) in [7, 11) is -0.569. The van der Waals surface area contributed by atoms with Gasteiger partial charge in [0, 0.05) is 38.3 Å². The van der Waals surface area contributed by atoms with E-state index in [1.165, 1.54) is 16.1 Å². The molecular formula is C28H37N3OSi. The molecule has 0 radical (unpaired) electrons. The van der Waals surface area contributed by atoms with Gasteiger partial charge in [-0.15, -0.1) is 0 Å². The Labute approximate surface area is 199 Å². The van der Waals surface area contributed by atoms with E-state index in [4.69, 9.17) is 10.2 Å². The SMILES string of the molecule is CNc1cc(N2CCC(CO[Si](c3ccccc3)(c3ccccc3)C(C)(C)C)C2)ccc1N. The molecule has 0 aromatic heterocycles. The summed E-state index contributed by atoms with van der Waals surface area (Å²) in [5, 5.41) is 5.89. The molecule has 174 valence electrons. The summed E-state index contributed by atoms with van der Waals surface area (Å²) in [5.74, 6) is 0.502. The van der Waals surface area contributed by atoms with E-state index in [1.54, 1.807) is 0 Å². The first-order valence-corrected chi connectivity index (χ1v) is 13.8. The van der Waals surface area contributed by atoms with Gasteiger partial charge in [-0.2, -0.15) is 0 Å². The van der Waals surface area contributed by atoms with Crippen molar-refractivity contribution in [3.8, 4) is 0 Å². The summed E-state index contributed by atoms with van der Waals surface area (Å²) >= 11 is 0. The van der Waals surface area contributed by atoms with Crippen molar-refractivity contribution in [2.45, 2.75) is 32.2 Å². The number of benzene rings is 3. The lowest BCUT2D eigenvalue weighted by Gasteiger charge is -2.43. The molecular weight excluding hydrogens is 422 g/mol. The number of hydrogen-bond donors (Lipinski definition) is 2. The molecule has 4 rings (SSSR count). The number of hydrogen-bond acceptors (Lipinski definition) is 4. The van der Waals surface area contributed by atoms with E-state index < -0.39 is 8.32 Å². The molecule has 1 aliphatic rings. The minimum Gasteiger partial charge on any atom is -0.407 e. The van der Waals surface area contributed by atoms with Gasteiger partial charge in [0.15, 0.2) is 0 Å². The Bertz CT molecular complexity index is 1010. The number of nitrogen functional groups attached to an aromatic ring is 1. The topological polar surface area (TPSA) is 50.5 Å². The van der Waals surface area contributed by atoms with Gasteiger partial charge in [0.05, 0.1) is 11.4 Å². The Morgan fingerprint density at radius 1 is 0.970 bits per heavy atom. The van der Waals surface area contributed by atoms with Crippen LogP contribution in [0.5, 0.6) is 0 Å². The maximum absolute atomic E-state index is 7.18. The fourth-order valence-corrected chi connectivity index (χ4v) is 9.81. The van der Waals surface area contributed by atoms with Crippen molar-refractivity contribution in [2.24, 2.45) is 5.92 Å². The summed E-state index contributed by atoms with van der Waals surface area (Å²) in [5.41, 5.74) is 9.07. The van der Waals surface area contributed by atoms with Gasteiger partial charge in [-0.3, -0.25) is 0 Å². The van der Waals surface area contributed by atoms with E-state index >= 15 is 0 Å². The predicted octanol–water partition coefficient (Wildman–Crippen LogP) is 4.71. The standard InChI is InChI=1S/C28H37N3OSi/c1-28(2,3)33(24-11-7-5-8-12-24,25-13-9-6-10-14-25)32-21-22-17-18-31(20-22)23-15-16-26(29)27(19-23)30-4/h5-16,19,22,30H,17-18,20-21,29H2,1-4H3. The predicted molar refractivity (Wildman–Crippen MR) is 144 cm³/mol. The average Bonchev–Trinajstić information content (AvgIpc) is 3.29.